The van der Waals surface area contributed by atoms with E-state index in [0.717, 1.165) is 22.5 Å². The van der Waals surface area contributed by atoms with Crippen molar-refractivity contribution in [3.05, 3.63) is 77.5 Å². The number of rotatable bonds is 4. The standard InChI is InChI=1S/C20H18N2O/c1-14-18(15(2)23)20(21-13-16-9-5-3-6-10-16)19(22-14)17-11-7-4-8-12-17/h3-13,22H,1-2H3/b21-13+. The number of carbonyl (C=O) groups excluding carboxylic acids is 1. The summed E-state index contributed by atoms with van der Waals surface area (Å²) in [5.41, 5.74) is 5.08. The summed E-state index contributed by atoms with van der Waals surface area (Å²) in [6.07, 6.45) is 1.79. The van der Waals surface area contributed by atoms with Crippen molar-refractivity contribution >= 4 is 17.7 Å². The summed E-state index contributed by atoms with van der Waals surface area (Å²) < 4.78 is 0. The fourth-order valence-electron chi connectivity index (χ4n) is 2.66. The minimum atomic E-state index is 0.0149. The lowest BCUT2D eigenvalue weighted by atomic mass is 10.1. The Labute approximate surface area is 135 Å². The van der Waals surface area contributed by atoms with Gasteiger partial charge in [-0.25, -0.2) is 0 Å². The Balaban J connectivity index is 2.13. The summed E-state index contributed by atoms with van der Waals surface area (Å²) in [5, 5.41) is 0. The van der Waals surface area contributed by atoms with E-state index in [9.17, 15) is 4.79 Å². The van der Waals surface area contributed by atoms with Crippen molar-refractivity contribution in [2.45, 2.75) is 13.8 Å². The number of ketones is 1. The zero-order chi connectivity index (χ0) is 16.2. The molecule has 3 nitrogen and oxygen atoms in total. The first-order valence-corrected chi connectivity index (χ1v) is 7.55. The molecule has 1 aromatic heterocycles. The van der Waals surface area contributed by atoms with E-state index in [4.69, 9.17) is 0 Å². The van der Waals surface area contributed by atoms with Crippen molar-refractivity contribution in [3.8, 4) is 11.3 Å². The lowest BCUT2D eigenvalue weighted by Gasteiger charge is -2.02. The molecule has 0 saturated carbocycles. The molecule has 0 aliphatic carbocycles. The Bertz CT molecular complexity index is 846. The maximum Gasteiger partial charge on any atom is 0.163 e. The number of hydrogen-bond donors (Lipinski definition) is 1. The van der Waals surface area contributed by atoms with E-state index >= 15 is 0 Å². The molecule has 0 spiro atoms. The highest BCUT2D eigenvalue weighted by Crippen LogP contribution is 2.35. The smallest absolute Gasteiger partial charge is 0.163 e. The van der Waals surface area contributed by atoms with E-state index in [1.807, 2.05) is 67.6 Å². The van der Waals surface area contributed by atoms with Gasteiger partial charge in [-0.15, -0.1) is 0 Å². The fraction of sp³-hybridized carbons (Fsp3) is 0.100. The van der Waals surface area contributed by atoms with Gasteiger partial charge in [-0.3, -0.25) is 9.79 Å². The second-order valence-corrected chi connectivity index (χ2v) is 5.44. The van der Waals surface area contributed by atoms with E-state index in [0.29, 0.717) is 11.3 Å². The first kappa shape index (κ1) is 15.0. The Morgan fingerprint density at radius 3 is 2.22 bits per heavy atom. The number of nitrogens with zero attached hydrogens (tertiary/aromatic N) is 1. The minimum absolute atomic E-state index is 0.0149. The number of aromatic nitrogens is 1. The van der Waals surface area contributed by atoms with Crippen LogP contribution in [-0.2, 0) is 0 Å². The number of nitrogens with one attached hydrogen (secondary N) is 1. The van der Waals surface area contributed by atoms with Crippen molar-refractivity contribution in [2.24, 2.45) is 4.99 Å². The average Bonchev–Trinajstić information content (AvgIpc) is 2.91. The molecule has 0 atom stereocenters. The Hall–Kier alpha value is -2.94. The SMILES string of the molecule is CC(=O)c1c(C)[nH]c(-c2ccccc2)c1/N=C/c1ccccc1. The van der Waals surface area contributed by atoms with Gasteiger partial charge in [0.05, 0.1) is 16.9 Å². The third kappa shape index (κ3) is 3.14. The van der Waals surface area contributed by atoms with Crippen molar-refractivity contribution in [1.82, 2.24) is 4.98 Å². The highest BCUT2D eigenvalue weighted by molar-refractivity contribution is 6.04. The van der Waals surface area contributed by atoms with Crippen molar-refractivity contribution in [3.63, 3.8) is 0 Å². The number of aliphatic imine (C=N–C) groups is 1. The molecule has 23 heavy (non-hydrogen) atoms. The Kier molecular flexibility index (Phi) is 4.20. The topological polar surface area (TPSA) is 45.2 Å². The first-order chi connectivity index (χ1) is 11.2. The van der Waals surface area contributed by atoms with Gasteiger partial charge < -0.3 is 4.98 Å². The Morgan fingerprint density at radius 1 is 1.00 bits per heavy atom. The molecule has 3 rings (SSSR count). The number of aromatic amines is 1. The Morgan fingerprint density at radius 2 is 1.61 bits per heavy atom. The number of hydrogen-bond acceptors (Lipinski definition) is 2. The monoisotopic (exact) mass is 302 g/mol. The van der Waals surface area contributed by atoms with Gasteiger partial charge in [-0.1, -0.05) is 60.7 Å². The zero-order valence-electron chi connectivity index (χ0n) is 13.2. The third-order valence-corrected chi connectivity index (χ3v) is 3.72. The molecular weight excluding hydrogens is 284 g/mol. The molecule has 0 fully saturated rings. The van der Waals surface area contributed by atoms with Crippen LogP contribution in [0.5, 0.6) is 0 Å². The summed E-state index contributed by atoms with van der Waals surface area (Å²) in [6.45, 7) is 3.48. The van der Waals surface area contributed by atoms with Crippen molar-refractivity contribution in [1.29, 1.82) is 0 Å². The molecule has 0 amide bonds. The van der Waals surface area contributed by atoms with Crippen LogP contribution in [0.15, 0.2) is 65.7 Å². The molecule has 0 unspecified atom stereocenters. The lowest BCUT2D eigenvalue weighted by Crippen LogP contribution is -1.93. The van der Waals surface area contributed by atoms with Gasteiger partial charge in [0.2, 0.25) is 0 Å². The second kappa shape index (κ2) is 6.44. The van der Waals surface area contributed by atoms with Gasteiger partial charge in [-0.05, 0) is 19.4 Å². The lowest BCUT2D eigenvalue weighted by molar-refractivity contribution is 0.101. The maximum atomic E-state index is 12.0. The van der Waals surface area contributed by atoms with Crippen LogP contribution in [0.25, 0.3) is 11.3 Å². The van der Waals surface area contributed by atoms with E-state index in [1.165, 1.54) is 0 Å². The molecule has 3 aromatic rings. The van der Waals surface area contributed by atoms with Gasteiger partial charge in [0.1, 0.15) is 0 Å². The van der Waals surface area contributed by atoms with Crippen LogP contribution in [0.4, 0.5) is 5.69 Å². The molecule has 2 aromatic carbocycles. The number of aryl methyl sites for hydroxylation is 1. The summed E-state index contributed by atoms with van der Waals surface area (Å²) in [5.74, 6) is 0.0149. The molecule has 0 aliphatic rings. The molecule has 114 valence electrons. The molecule has 0 aliphatic heterocycles. The van der Waals surface area contributed by atoms with Crippen molar-refractivity contribution in [2.75, 3.05) is 0 Å². The van der Waals surface area contributed by atoms with Gasteiger partial charge in [-0.2, -0.15) is 0 Å². The van der Waals surface area contributed by atoms with E-state index < -0.39 is 0 Å². The normalized spacial score (nSPS) is 11.0. The third-order valence-electron chi connectivity index (χ3n) is 3.72. The summed E-state index contributed by atoms with van der Waals surface area (Å²) in [6, 6.07) is 19.8. The summed E-state index contributed by atoms with van der Waals surface area (Å²) in [4.78, 5) is 20.0. The van der Waals surface area contributed by atoms with E-state index in [-0.39, 0.29) is 5.78 Å². The molecule has 3 heteroatoms. The van der Waals surface area contributed by atoms with Gasteiger partial charge in [0, 0.05) is 17.5 Å². The van der Waals surface area contributed by atoms with Crippen molar-refractivity contribution < 1.29 is 4.79 Å². The number of carbonyl (C=O) groups is 1. The fourth-order valence-corrected chi connectivity index (χ4v) is 2.66. The van der Waals surface area contributed by atoms with E-state index in [1.54, 1.807) is 13.1 Å². The van der Waals surface area contributed by atoms with Crippen LogP contribution in [0, 0.1) is 6.92 Å². The van der Waals surface area contributed by atoms with Crippen LogP contribution < -0.4 is 0 Å². The average molecular weight is 302 g/mol. The van der Waals surface area contributed by atoms with Crippen LogP contribution in [0.2, 0.25) is 0 Å². The number of Topliss-reactive ketones (excluding diaryl/α,β-unsaturated/α-hetero) is 1. The largest absolute Gasteiger partial charge is 0.356 e. The van der Waals surface area contributed by atoms with Gasteiger partial charge in [0.25, 0.3) is 0 Å². The summed E-state index contributed by atoms with van der Waals surface area (Å²) in [7, 11) is 0. The quantitative estimate of drug-likeness (QED) is 0.538. The molecule has 1 N–H and O–H groups in total. The zero-order valence-corrected chi connectivity index (χ0v) is 13.2. The molecule has 0 bridgehead atoms. The molecular formula is C20H18N2O. The van der Waals surface area contributed by atoms with E-state index in [2.05, 4.69) is 9.98 Å². The first-order valence-electron chi connectivity index (χ1n) is 7.55. The highest BCUT2D eigenvalue weighted by atomic mass is 16.1. The van der Waals surface area contributed by atoms with Crippen LogP contribution in [0.3, 0.4) is 0 Å². The predicted molar refractivity (Wildman–Crippen MR) is 94.7 cm³/mol. The van der Waals surface area contributed by atoms with Crippen LogP contribution >= 0.6 is 0 Å². The highest BCUT2D eigenvalue weighted by Gasteiger charge is 2.18. The van der Waals surface area contributed by atoms with Crippen LogP contribution in [-0.4, -0.2) is 17.0 Å². The number of benzene rings is 2. The molecule has 0 radical (unpaired) electrons. The number of H-pyrrole nitrogens is 1. The van der Waals surface area contributed by atoms with Gasteiger partial charge >= 0.3 is 0 Å². The van der Waals surface area contributed by atoms with Gasteiger partial charge in [0.15, 0.2) is 5.78 Å². The minimum Gasteiger partial charge on any atom is -0.356 e. The van der Waals surface area contributed by atoms with Crippen LogP contribution in [0.1, 0.15) is 28.5 Å². The second-order valence-electron chi connectivity index (χ2n) is 5.44. The molecule has 0 saturated heterocycles. The predicted octanol–water partition coefficient (Wildman–Crippen LogP) is 4.94. The molecule has 1 heterocycles. The maximum absolute atomic E-state index is 12.0. The summed E-state index contributed by atoms with van der Waals surface area (Å²) >= 11 is 0.